The number of amidine groups is 1. The molecule has 1 atom stereocenters. The van der Waals surface area contributed by atoms with Crippen LogP contribution < -0.4 is 5.73 Å². The molecule has 2 aliphatic heterocycles. The first kappa shape index (κ1) is 25.4. The van der Waals surface area contributed by atoms with Gasteiger partial charge in [-0.3, -0.25) is 24.8 Å². The van der Waals surface area contributed by atoms with E-state index in [0.717, 1.165) is 5.56 Å². The second-order valence-electron chi connectivity index (χ2n) is 8.59. The lowest BCUT2D eigenvalue weighted by molar-refractivity contribution is -0.137. The topological polar surface area (TPSA) is 143 Å². The lowest BCUT2D eigenvalue weighted by Gasteiger charge is -2.41. The van der Waals surface area contributed by atoms with Gasteiger partial charge < -0.3 is 25.4 Å². The maximum absolute atomic E-state index is 13.2. The van der Waals surface area contributed by atoms with Gasteiger partial charge in [-0.05, 0) is 18.5 Å². The number of carbonyl (C=O) groups excluding carboxylic acids is 2. The van der Waals surface area contributed by atoms with Crippen molar-refractivity contribution in [3.63, 3.8) is 0 Å². The van der Waals surface area contributed by atoms with Crippen LogP contribution in [-0.4, -0.2) is 113 Å². The summed E-state index contributed by atoms with van der Waals surface area (Å²) in [7, 11) is 0. The molecule has 34 heavy (non-hydrogen) atoms. The number of amides is 2. The Morgan fingerprint density at radius 1 is 0.971 bits per heavy atom. The number of nitrogens with one attached hydrogen (secondary N) is 1. The highest BCUT2D eigenvalue weighted by Crippen LogP contribution is 2.13. The van der Waals surface area contributed by atoms with E-state index in [1.165, 1.54) is 0 Å². The molecule has 0 spiro atoms. The minimum absolute atomic E-state index is 0.136. The second-order valence-corrected chi connectivity index (χ2v) is 8.59. The first-order valence-corrected chi connectivity index (χ1v) is 11.6. The Morgan fingerprint density at radius 2 is 1.59 bits per heavy atom. The van der Waals surface area contributed by atoms with E-state index in [1.54, 1.807) is 9.80 Å². The van der Waals surface area contributed by atoms with Crippen molar-refractivity contribution in [3.8, 4) is 0 Å². The molecule has 186 valence electrons. The SMILES string of the molecule is N=C(N)C(C(=O)N1CCN(CCCC(=O)O)CC1)N1CCN(C(=O)OCc2ccccc2)CC1. The molecular formula is C23H34N6O5. The van der Waals surface area contributed by atoms with Gasteiger partial charge in [0.05, 0.1) is 0 Å². The monoisotopic (exact) mass is 474 g/mol. The predicted octanol–water partition coefficient (Wildman–Crippen LogP) is 0.254. The molecule has 0 aromatic heterocycles. The van der Waals surface area contributed by atoms with E-state index in [9.17, 15) is 14.4 Å². The number of nitrogens with zero attached hydrogens (tertiary/aromatic N) is 4. The number of carboxylic acid groups (broad SMARTS) is 1. The fraction of sp³-hybridized carbons (Fsp3) is 0.565. The number of hydrogen-bond donors (Lipinski definition) is 3. The van der Waals surface area contributed by atoms with Gasteiger partial charge >= 0.3 is 12.1 Å². The number of rotatable bonds is 9. The summed E-state index contributed by atoms with van der Waals surface area (Å²) in [6, 6.07) is 8.62. The molecule has 0 saturated carbocycles. The second kappa shape index (κ2) is 12.3. The number of hydrogen-bond acceptors (Lipinski definition) is 7. The zero-order valence-electron chi connectivity index (χ0n) is 19.4. The van der Waals surface area contributed by atoms with Crippen molar-refractivity contribution in [1.82, 2.24) is 19.6 Å². The zero-order chi connectivity index (χ0) is 24.5. The van der Waals surface area contributed by atoms with Crippen LogP contribution in [0.3, 0.4) is 0 Å². The van der Waals surface area contributed by atoms with Crippen LogP contribution in [0.15, 0.2) is 30.3 Å². The Hall–Kier alpha value is -3.18. The molecule has 11 heteroatoms. The molecule has 3 rings (SSSR count). The van der Waals surface area contributed by atoms with Gasteiger partial charge in [0.2, 0.25) is 5.91 Å². The van der Waals surface area contributed by atoms with Crippen molar-refractivity contribution >= 4 is 23.8 Å². The molecule has 11 nitrogen and oxygen atoms in total. The maximum atomic E-state index is 13.2. The van der Waals surface area contributed by atoms with Gasteiger partial charge in [0.1, 0.15) is 18.5 Å². The van der Waals surface area contributed by atoms with E-state index in [-0.39, 0.29) is 24.8 Å². The normalized spacial score (nSPS) is 18.4. The van der Waals surface area contributed by atoms with Crippen molar-refractivity contribution in [1.29, 1.82) is 5.41 Å². The van der Waals surface area contributed by atoms with Crippen molar-refractivity contribution in [2.75, 3.05) is 58.9 Å². The highest BCUT2D eigenvalue weighted by Gasteiger charge is 2.36. The quantitative estimate of drug-likeness (QED) is 0.341. The number of carboxylic acids is 1. The molecule has 2 heterocycles. The van der Waals surface area contributed by atoms with Crippen LogP contribution >= 0.6 is 0 Å². The Kier molecular flexibility index (Phi) is 9.23. The number of piperazine rings is 2. The van der Waals surface area contributed by atoms with E-state index in [2.05, 4.69) is 4.90 Å². The smallest absolute Gasteiger partial charge is 0.410 e. The lowest BCUT2D eigenvalue weighted by Crippen LogP contribution is -2.62. The van der Waals surface area contributed by atoms with Crippen LogP contribution in [0.5, 0.6) is 0 Å². The van der Waals surface area contributed by atoms with Crippen LogP contribution in [0, 0.1) is 5.41 Å². The first-order valence-electron chi connectivity index (χ1n) is 11.6. The Bertz CT molecular complexity index is 851. The molecule has 1 aromatic carbocycles. The van der Waals surface area contributed by atoms with E-state index >= 15 is 0 Å². The molecule has 0 aliphatic carbocycles. The average Bonchev–Trinajstić information content (AvgIpc) is 2.83. The third-order valence-electron chi connectivity index (χ3n) is 6.22. The zero-order valence-corrected chi connectivity index (χ0v) is 19.4. The van der Waals surface area contributed by atoms with Gasteiger partial charge in [-0.25, -0.2) is 4.79 Å². The highest BCUT2D eigenvalue weighted by atomic mass is 16.6. The van der Waals surface area contributed by atoms with Crippen LogP contribution in [0.1, 0.15) is 18.4 Å². The van der Waals surface area contributed by atoms with Gasteiger partial charge in [-0.15, -0.1) is 0 Å². The summed E-state index contributed by atoms with van der Waals surface area (Å²) >= 11 is 0. The molecule has 0 radical (unpaired) electrons. The van der Waals surface area contributed by atoms with Crippen LogP contribution in [-0.2, 0) is 20.9 Å². The molecule has 2 aliphatic rings. The van der Waals surface area contributed by atoms with Gasteiger partial charge in [0.15, 0.2) is 0 Å². The van der Waals surface area contributed by atoms with Gasteiger partial charge in [0, 0.05) is 58.8 Å². The number of carbonyl (C=O) groups is 3. The molecular weight excluding hydrogens is 440 g/mol. The van der Waals surface area contributed by atoms with E-state index in [0.29, 0.717) is 65.3 Å². The number of benzene rings is 1. The summed E-state index contributed by atoms with van der Waals surface area (Å²) in [6.07, 6.45) is 0.322. The lowest BCUT2D eigenvalue weighted by atomic mass is 10.1. The van der Waals surface area contributed by atoms with Crippen molar-refractivity contribution in [2.45, 2.75) is 25.5 Å². The van der Waals surface area contributed by atoms with Crippen LogP contribution in [0.25, 0.3) is 0 Å². The summed E-state index contributed by atoms with van der Waals surface area (Å²) in [6.45, 7) is 4.88. The molecule has 4 N–H and O–H groups in total. The standard InChI is InChI=1S/C23H34N6O5/c24-21(25)20(22(32)28-11-9-26(10-12-28)8-4-7-19(30)31)27-13-15-29(16-14-27)23(33)34-17-18-5-2-1-3-6-18/h1-3,5-6,20H,4,7-17H2,(H3,24,25)(H,30,31). The summed E-state index contributed by atoms with van der Waals surface area (Å²) < 4.78 is 5.39. The first-order chi connectivity index (χ1) is 16.3. The van der Waals surface area contributed by atoms with Crippen LogP contribution in [0.2, 0.25) is 0 Å². The highest BCUT2D eigenvalue weighted by molar-refractivity contribution is 6.05. The molecule has 2 fully saturated rings. The fourth-order valence-electron chi connectivity index (χ4n) is 4.28. The third kappa shape index (κ3) is 7.16. The number of aliphatic carboxylic acids is 1. The molecule has 2 saturated heterocycles. The Balaban J connectivity index is 1.45. The van der Waals surface area contributed by atoms with E-state index < -0.39 is 18.1 Å². The van der Waals surface area contributed by atoms with E-state index in [1.807, 2.05) is 35.2 Å². The predicted molar refractivity (Wildman–Crippen MR) is 125 cm³/mol. The number of nitrogens with two attached hydrogens (primary N) is 1. The largest absolute Gasteiger partial charge is 0.481 e. The molecule has 1 unspecified atom stereocenters. The summed E-state index contributed by atoms with van der Waals surface area (Å²) in [5, 5.41) is 16.8. The summed E-state index contributed by atoms with van der Waals surface area (Å²) in [4.78, 5) is 43.6. The van der Waals surface area contributed by atoms with Crippen molar-refractivity contribution in [3.05, 3.63) is 35.9 Å². The van der Waals surface area contributed by atoms with Crippen molar-refractivity contribution in [2.24, 2.45) is 5.73 Å². The summed E-state index contributed by atoms with van der Waals surface area (Å²) in [5.41, 5.74) is 6.74. The minimum Gasteiger partial charge on any atom is -0.481 e. The van der Waals surface area contributed by atoms with Gasteiger partial charge in [-0.2, -0.15) is 0 Å². The van der Waals surface area contributed by atoms with Crippen LogP contribution in [0.4, 0.5) is 4.79 Å². The van der Waals surface area contributed by atoms with Gasteiger partial charge in [0.25, 0.3) is 0 Å². The molecule has 2 amide bonds. The van der Waals surface area contributed by atoms with E-state index in [4.69, 9.17) is 21.0 Å². The minimum atomic E-state index is -0.846. The summed E-state index contributed by atoms with van der Waals surface area (Å²) in [5.74, 6) is -1.20. The third-order valence-corrected chi connectivity index (χ3v) is 6.22. The maximum Gasteiger partial charge on any atom is 0.410 e. The molecule has 1 aromatic rings. The van der Waals surface area contributed by atoms with Crippen molar-refractivity contribution < 1.29 is 24.2 Å². The number of ether oxygens (including phenoxy) is 1. The Labute approximate surface area is 199 Å². The van der Waals surface area contributed by atoms with Gasteiger partial charge in [-0.1, -0.05) is 30.3 Å². The fourth-order valence-corrected chi connectivity index (χ4v) is 4.28. The average molecular weight is 475 g/mol. The Morgan fingerprint density at radius 3 is 2.18 bits per heavy atom. The molecule has 0 bridgehead atoms.